The maximum absolute atomic E-state index is 10.5. The monoisotopic (exact) mass is 300 g/mol. The molecule has 1 aromatic heterocycles. The van der Waals surface area contributed by atoms with Crippen LogP contribution in [0.25, 0.3) is 11.0 Å². The van der Waals surface area contributed by atoms with E-state index < -0.39 is 9.15 Å². The van der Waals surface area contributed by atoms with Gasteiger partial charge in [-0.25, -0.2) is 4.98 Å². The lowest BCUT2D eigenvalue weighted by atomic mass is 10.2. The highest BCUT2D eigenvalue weighted by Crippen LogP contribution is 2.15. The first-order valence-corrected chi connectivity index (χ1v) is 9.04. The van der Waals surface area contributed by atoms with Gasteiger partial charge in [-0.05, 0) is 35.8 Å². The topological polar surface area (TPSA) is 83.1 Å². The zero-order valence-electron chi connectivity index (χ0n) is 10.4. The molecule has 1 aromatic carbocycles. The van der Waals surface area contributed by atoms with Gasteiger partial charge in [-0.15, -0.1) is 0 Å². The van der Waals surface area contributed by atoms with Gasteiger partial charge in [0.1, 0.15) is 5.82 Å². The molecule has 0 aliphatic carbocycles. The number of aromatic amines is 1. The molecule has 2 rings (SSSR count). The van der Waals surface area contributed by atoms with Gasteiger partial charge in [0.15, 0.2) is 0 Å². The van der Waals surface area contributed by atoms with E-state index in [1.165, 1.54) is 0 Å². The highest BCUT2D eigenvalue weighted by Gasteiger charge is 2.05. The minimum absolute atomic E-state index is 0.430. The predicted molar refractivity (Wildman–Crippen MR) is 77.7 cm³/mol. The molecule has 0 saturated carbocycles. The van der Waals surface area contributed by atoms with Crippen LogP contribution in [0.4, 0.5) is 0 Å². The van der Waals surface area contributed by atoms with Crippen LogP contribution in [-0.2, 0) is 15.6 Å². The predicted octanol–water partition coefficient (Wildman–Crippen LogP) is 2.81. The number of fused-ring (bicyclic) bond motifs is 1. The Bertz CT molecular complexity index is 604. The van der Waals surface area contributed by atoms with Crippen LogP contribution in [0.2, 0.25) is 0 Å². The van der Waals surface area contributed by atoms with E-state index >= 15 is 0 Å². The third-order valence-corrected chi connectivity index (χ3v) is 4.88. The van der Waals surface area contributed by atoms with Crippen LogP contribution < -0.4 is 0 Å². The Balaban J connectivity index is 1.71. The van der Waals surface area contributed by atoms with Gasteiger partial charge in [-0.3, -0.25) is 4.55 Å². The Morgan fingerprint density at radius 1 is 1.21 bits per heavy atom. The molecule has 0 atom stereocenters. The number of para-hydroxylation sites is 2. The lowest BCUT2D eigenvalue weighted by Gasteiger charge is -1.98. The molecule has 7 heteroatoms. The van der Waals surface area contributed by atoms with Crippen molar-refractivity contribution >= 4 is 31.0 Å². The molecule has 0 aliphatic rings. The van der Waals surface area contributed by atoms with Gasteiger partial charge in [-0.1, -0.05) is 18.6 Å². The molecule has 5 nitrogen and oxygen atoms in total. The van der Waals surface area contributed by atoms with Crippen LogP contribution in [0.15, 0.2) is 24.3 Å². The summed E-state index contributed by atoms with van der Waals surface area (Å²) in [5.74, 6) is 1.39. The van der Waals surface area contributed by atoms with E-state index in [0.29, 0.717) is 16.5 Å². The second-order valence-corrected chi connectivity index (χ2v) is 7.73. The molecule has 0 fully saturated rings. The quantitative estimate of drug-likeness (QED) is 0.467. The minimum atomic E-state index is -3.88. The fourth-order valence-electron chi connectivity index (χ4n) is 1.86. The van der Waals surface area contributed by atoms with Gasteiger partial charge >= 0.3 is 9.15 Å². The van der Waals surface area contributed by atoms with Crippen LogP contribution in [0.3, 0.4) is 0 Å². The maximum Gasteiger partial charge on any atom is 0.319 e. The number of hydrogen-bond acceptors (Lipinski definition) is 4. The number of hydrogen-bond donors (Lipinski definition) is 2. The van der Waals surface area contributed by atoms with Gasteiger partial charge in [0.05, 0.1) is 11.0 Å². The molecule has 2 aromatic rings. The molecular formula is C12H16N2O3S2. The summed E-state index contributed by atoms with van der Waals surface area (Å²) in [6, 6.07) is 7.89. The zero-order chi connectivity index (χ0) is 13.7. The molecular weight excluding hydrogens is 284 g/mol. The van der Waals surface area contributed by atoms with Crippen LogP contribution in [-0.4, -0.2) is 28.7 Å². The molecule has 0 aliphatic heterocycles. The number of aryl methyl sites for hydroxylation is 1. The first kappa shape index (κ1) is 14.4. The molecule has 1 heterocycles. The largest absolute Gasteiger partial charge is 0.342 e. The highest BCUT2D eigenvalue weighted by molar-refractivity contribution is 8.69. The van der Waals surface area contributed by atoms with E-state index in [1.807, 2.05) is 24.3 Å². The average molecular weight is 300 g/mol. The second kappa shape index (κ2) is 6.40. The number of nitrogens with one attached hydrogen (secondary N) is 1. The highest BCUT2D eigenvalue weighted by atomic mass is 33.1. The number of unbranched alkanes of at least 4 members (excludes halogenated alkanes) is 2. The summed E-state index contributed by atoms with van der Waals surface area (Å²) in [5, 5.41) is 0. The van der Waals surface area contributed by atoms with E-state index in [2.05, 4.69) is 9.97 Å². The fourth-order valence-corrected chi connectivity index (χ4v) is 3.38. The number of H-pyrrole nitrogens is 1. The Labute approximate surface area is 116 Å². The van der Waals surface area contributed by atoms with Crippen molar-refractivity contribution in [2.24, 2.45) is 0 Å². The Morgan fingerprint density at radius 3 is 2.74 bits per heavy atom. The fraction of sp³-hybridized carbons (Fsp3) is 0.417. The van der Waals surface area contributed by atoms with Crippen molar-refractivity contribution in [3.05, 3.63) is 30.1 Å². The summed E-state index contributed by atoms with van der Waals surface area (Å²) >= 11 is 0. The second-order valence-electron chi connectivity index (χ2n) is 4.26. The molecule has 0 amide bonds. The standard InChI is InChI=1S/C12H16N2O3S2/c15-19(16,17)18-9-5-1-2-8-12-13-10-6-3-4-7-11(10)14-12/h3-4,6-7H,1-2,5,8-9H2,(H,13,14)(H,15,16,17). The van der Waals surface area contributed by atoms with Crippen LogP contribution in [0, 0.1) is 0 Å². The molecule has 19 heavy (non-hydrogen) atoms. The summed E-state index contributed by atoms with van der Waals surface area (Å²) < 4.78 is 29.5. The summed E-state index contributed by atoms with van der Waals surface area (Å²) in [4.78, 5) is 7.73. The lowest BCUT2D eigenvalue weighted by Crippen LogP contribution is -1.93. The lowest BCUT2D eigenvalue weighted by molar-refractivity contribution is 0.503. The average Bonchev–Trinajstić information content (AvgIpc) is 2.74. The molecule has 0 radical (unpaired) electrons. The third-order valence-electron chi connectivity index (χ3n) is 2.73. The SMILES string of the molecule is O=S(=O)(O)SCCCCCc1nc2ccccc2[nH]1. The molecule has 104 valence electrons. The van der Waals surface area contributed by atoms with Crippen molar-refractivity contribution in [1.82, 2.24) is 9.97 Å². The van der Waals surface area contributed by atoms with E-state index in [9.17, 15) is 8.42 Å². The summed E-state index contributed by atoms with van der Waals surface area (Å²) in [7, 11) is -3.29. The van der Waals surface area contributed by atoms with E-state index in [4.69, 9.17) is 4.55 Å². The molecule has 0 unspecified atom stereocenters. The smallest absolute Gasteiger partial charge is 0.319 e. The molecule has 0 bridgehead atoms. The Kier molecular flexibility index (Phi) is 4.84. The van der Waals surface area contributed by atoms with E-state index in [1.54, 1.807) is 0 Å². The summed E-state index contributed by atoms with van der Waals surface area (Å²) in [6.07, 6.45) is 3.49. The molecule has 2 N–H and O–H groups in total. The van der Waals surface area contributed by atoms with Crippen LogP contribution in [0.1, 0.15) is 25.1 Å². The zero-order valence-corrected chi connectivity index (χ0v) is 12.0. The van der Waals surface area contributed by atoms with Crippen molar-refractivity contribution in [2.45, 2.75) is 25.7 Å². The summed E-state index contributed by atoms with van der Waals surface area (Å²) in [5.41, 5.74) is 2.01. The van der Waals surface area contributed by atoms with Crippen molar-refractivity contribution < 1.29 is 13.0 Å². The van der Waals surface area contributed by atoms with Crippen molar-refractivity contribution in [3.8, 4) is 0 Å². The van der Waals surface area contributed by atoms with Gasteiger partial charge in [0.2, 0.25) is 0 Å². The first-order valence-electron chi connectivity index (χ1n) is 6.10. The Hall–Kier alpha value is -1.05. The van der Waals surface area contributed by atoms with Crippen LogP contribution >= 0.6 is 10.8 Å². The van der Waals surface area contributed by atoms with Crippen molar-refractivity contribution in [1.29, 1.82) is 0 Å². The molecule has 0 saturated heterocycles. The van der Waals surface area contributed by atoms with Gasteiger partial charge in [0.25, 0.3) is 0 Å². The number of nitrogens with zero attached hydrogens (tertiary/aromatic N) is 1. The van der Waals surface area contributed by atoms with Crippen molar-refractivity contribution in [2.75, 3.05) is 5.75 Å². The minimum Gasteiger partial charge on any atom is -0.342 e. The number of aromatic nitrogens is 2. The van der Waals surface area contributed by atoms with Gasteiger partial charge in [0, 0.05) is 12.2 Å². The molecule has 0 spiro atoms. The number of imidazole rings is 1. The van der Waals surface area contributed by atoms with Crippen molar-refractivity contribution in [3.63, 3.8) is 0 Å². The first-order chi connectivity index (χ1) is 9.04. The number of benzene rings is 1. The maximum atomic E-state index is 10.5. The third kappa shape index (κ3) is 4.85. The van der Waals surface area contributed by atoms with Gasteiger partial charge < -0.3 is 4.98 Å². The van der Waals surface area contributed by atoms with E-state index in [0.717, 1.165) is 42.5 Å². The van der Waals surface area contributed by atoms with E-state index in [-0.39, 0.29) is 0 Å². The van der Waals surface area contributed by atoms with Crippen LogP contribution in [0.5, 0.6) is 0 Å². The summed E-state index contributed by atoms with van der Waals surface area (Å²) in [6.45, 7) is 0. The normalized spacial score (nSPS) is 12.1. The van der Waals surface area contributed by atoms with Gasteiger partial charge in [-0.2, -0.15) is 8.42 Å². The Morgan fingerprint density at radius 2 is 2.00 bits per heavy atom. The number of rotatable bonds is 7.